The number of esters is 1. The van der Waals surface area contributed by atoms with E-state index < -0.39 is 18.0 Å². The minimum Gasteiger partial charge on any atom is -0.467 e. The Bertz CT molecular complexity index is 1150. The van der Waals surface area contributed by atoms with Crippen molar-refractivity contribution in [2.75, 3.05) is 0 Å². The fourth-order valence-electron chi connectivity index (χ4n) is 3.05. The van der Waals surface area contributed by atoms with Crippen LogP contribution in [-0.4, -0.2) is 27.8 Å². The van der Waals surface area contributed by atoms with Crippen molar-refractivity contribution in [3.63, 3.8) is 0 Å². The molecule has 0 saturated carbocycles. The van der Waals surface area contributed by atoms with Crippen molar-refractivity contribution < 1.29 is 18.7 Å². The van der Waals surface area contributed by atoms with Gasteiger partial charge in [0, 0.05) is 5.56 Å². The van der Waals surface area contributed by atoms with Crippen molar-refractivity contribution in [1.29, 1.82) is 0 Å². The first-order valence-corrected chi connectivity index (χ1v) is 9.84. The van der Waals surface area contributed by atoms with Crippen molar-refractivity contribution in [2.24, 2.45) is 0 Å². The number of carbonyl (C=O) groups excluding carboxylic acids is 2. The van der Waals surface area contributed by atoms with Crippen LogP contribution in [0.25, 0.3) is 16.9 Å². The number of nitrogens with one attached hydrogen (secondary N) is 1. The summed E-state index contributed by atoms with van der Waals surface area (Å²) < 4.78 is 12.2. The summed E-state index contributed by atoms with van der Waals surface area (Å²) in [6.07, 6.45) is 0.543. The molecule has 2 aromatic heterocycles. The van der Waals surface area contributed by atoms with Crippen LogP contribution in [0.5, 0.6) is 0 Å². The van der Waals surface area contributed by atoms with Gasteiger partial charge in [-0.1, -0.05) is 48.5 Å². The second-order valence-corrected chi connectivity index (χ2v) is 6.87. The van der Waals surface area contributed by atoms with Crippen molar-refractivity contribution in [3.8, 4) is 16.9 Å². The first-order valence-electron chi connectivity index (χ1n) is 9.84. The van der Waals surface area contributed by atoms with Crippen LogP contribution in [-0.2, 0) is 16.1 Å². The number of benzene rings is 2. The number of amides is 1. The Labute approximate surface area is 179 Å². The third kappa shape index (κ3) is 4.72. The fourth-order valence-corrected chi connectivity index (χ4v) is 3.05. The molecule has 0 aliphatic heterocycles. The number of rotatable bonds is 7. The molecule has 2 aromatic carbocycles. The fraction of sp³-hybridized carbons (Fsp3) is 0.125. The number of aromatic nitrogens is 2. The minimum atomic E-state index is -0.984. The summed E-state index contributed by atoms with van der Waals surface area (Å²) in [6, 6.07) is 24.0. The average Bonchev–Trinajstić information content (AvgIpc) is 3.49. The standard InChI is InChI=1S/C24H21N3O4/c1-17(23(28)25-16-20-13-8-14-30-20)31-24(29)22-15-21(18-9-4-2-5-10-18)26-27(22)19-11-6-3-7-12-19/h2-15,17H,16H2,1H3,(H,25,28)/t17-/m0/s1. The molecule has 0 aliphatic carbocycles. The van der Waals surface area contributed by atoms with E-state index in [1.165, 1.54) is 17.9 Å². The lowest BCUT2D eigenvalue weighted by Crippen LogP contribution is -2.35. The molecule has 0 aliphatic rings. The Balaban J connectivity index is 1.55. The maximum absolute atomic E-state index is 12.9. The Morgan fingerprint density at radius 3 is 2.42 bits per heavy atom. The summed E-state index contributed by atoms with van der Waals surface area (Å²) in [7, 11) is 0. The topological polar surface area (TPSA) is 86.4 Å². The first-order chi connectivity index (χ1) is 15.1. The lowest BCUT2D eigenvalue weighted by Gasteiger charge is -2.13. The molecule has 1 N–H and O–H groups in total. The van der Waals surface area contributed by atoms with E-state index in [1.807, 2.05) is 60.7 Å². The van der Waals surface area contributed by atoms with E-state index >= 15 is 0 Å². The zero-order valence-corrected chi connectivity index (χ0v) is 16.9. The Hall–Kier alpha value is -4.13. The lowest BCUT2D eigenvalue weighted by atomic mass is 10.1. The molecule has 7 nitrogen and oxygen atoms in total. The van der Waals surface area contributed by atoms with Crippen LogP contribution in [0.1, 0.15) is 23.2 Å². The zero-order chi connectivity index (χ0) is 21.6. The Morgan fingerprint density at radius 1 is 1.03 bits per heavy atom. The van der Waals surface area contributed by atoms with Crippen molar-refractivity contribution in [2.45, 2.75) is 19.6 Å². The predicted octanol–water partition coefficient (Wildman–Crippen LogP) is 3.99. The van der Waals surface area contributed by atoms with E-state index in [1.54, 1.807) is 18.2 Å². The van der Waals surface area contributed by atoms with Crippen LogP contribution in [0.3, 0.4) is 0 Å². The summed E-state index contributed by atoms with van der Waals surface area (Å²) >= 11 is 0. The average molecular weight is 415 g/mol. The number of carbonyl (C=O) groups is 2. The van der Waals surface area contributed by atoms with Crippen LogP contribution in [0.4, 0.5) is 0 Å². The second kappa shape index (κ2) is 9.13. The summed E-state index contributed by atoms with van der Waals surface area (Å²) in [4.78, 5) is 25.3. The molecule has 1 atom stereocenters. The summed E-state index contributed by atoms with van der Waals surface area (Å²) in [5.41, 5.74) is 2.45. The molecule has 7 heteroatoms. The SMILES string of the molecule is C[C@H](OC(=O)c1cc(-c2ccccc2)nn1-c1ccccc1)C(=O)NCc1ccco1. The molecular formula is C24H21N3O4. The van der Waals surface area contributed by atoms with E-state index in [0.29, 0.717) is 17.1 Å². The van der Waals surface area contributed by atoms with Gasteiger partial charge in [-0.25, -0.2) is 9.48 Å². The van der Waals surface area contributed by atoms with E-state index in [0.717, 1.165) is 5.56 Å². The number of hydrogen-bond acceptors (Lipinski definition) is 5. The van der Waals surface area contributed by atoms with Gasteiger partial charge in [0.15, 0.2) is 11.8 Å². The predicted molar refractivity (Wildman–Crippen MR) is 114 cm³/mol. The van der Waals surface area contributed by atoms with E-state index in [9.17, 15) is 9.59 Å². The molecule has 0 fully saturated rings. The normalized spacial score (nSPS) is 11.6. The van der Waals surface area contributed by atoms with Crippen LogP contribution >= 0.6 is 0 Å². The Kier molecular flexibility index (Phi) is 5.93. The van der Waals surface area contributed by atoms with E-state index in [-0.39, 0.29) is 12.2 Å². The maximum Gasteiger partial charge on any atom is 0.357 e. The zero-order valence-electron chi connectivity index (χ0n) is 16.9. The summed E-state index contributed by atoms with van der Waals surface area (Å²) in [6.45, 7) is 1.74. The first kappa shape index (κ1) is 20.2. The van der Waals surface area contributed by atoms with Gasteiger partial charge in [-0.2, -0.15) is 5.10 Å². The monoisotopic (exact) mass is 415 g/mol. The number of ether oxygens (including phenoxy) is 1. The highest BCUT2D eigenvalue weighted by molar-refractivity contribution is 5.92. The van der Waals surface area contributed by atoms with Crippen molar-refractivity contribution in [3.05, 3.63) is 96.6 Å². The second-order valence-electron chi connectivity index (χ2n) is 6.87. The molecule has 0 saturated heterocycles. The quantitative estimate of drug-likeness (QED) is 0.461. The van der Waals surface area contributed by atoms with Crippen LogP contribution < -0.4 is 5.32 Å². The number of furan rings is 1. The largest absolute Gasteiger partial charge is 0.467 e. The minimum absolute atomic E-state index is 0.216. The van der Waals surface area contributed by atoms with Gasteiger partial charge in [-0.15, -0.1) is 0 Å². The molecule has 4 aromatic rings. The molecule has 0 spiro atoms. The van der Waals surface area contributed by atoms with Gasteiger partial charge in [-0.3, -0.25) is 4.79 Å². The molecule has 2 heterocycles. The smallest absolute Gasteiger partial charge is 0.357 e. The molecular weight excluding hydrogens is 394 g/mol. The summed E-state index contributed by atoms with van der Waals surface area (Å²) in [5, 5.41) is 7.28. The Morgan fingerprint density at radius 2 is 1.74 bits per heavy atom. The van der Waals surface area contributed by atoms with Gasteiger partial charge in [0.25, 0.3) is 5.91 Å². The number of para-hydroxylation sites is 1. The molecule has 0 radical (unpaired) electrons. The highest BCUT2D eigenvalue weighted by Gasteiger charge is 2.24. The highest BCUT2D eigenvalue weighted by atomic mass is 16.5. The number of hydrogen-bond donors (Lipinski definition) is 1. The van der Waals surface area contributed by atoms with Gasteiger partial charge in [0.05, 0.1) is 24.2 Å². The van der Waals surface area contributed by atoms with Gasteiger partial charge in [-0.05, 0) is 37.3 Å². The number of nitrogens with zero attached hydrogens (tertiary/aromatic N) is 2. The lowest BCUT2D eigenvalue weighted by molar-refractivity contribution is -0.129. The third-order valence-corrected chi connectivity index (χ3v) is 4.66. The third-order valence-electron chi connectivity index (χ3n) is 4.66. The molecule has 4 rings (SSSR count). The van der Waals surface area contributed by atoms with Gasteiger partial charge < -0.3 is 14.5 Å². The molecule has 0 bridgehead atoms. The maximum atomic E-state index is 12.9. The van der Waals surface area contributed by atoms with Crippen LogP contribution in [0.15, 0.2) is 89.5 Å². The van der Waals surface area contributed by atoms with Crippen molar-refractivity contribution in [1.82, 2.24) is 15.1 Å². The van der Waals surface area contributed by atoms with Gasteiger partial charge >= 0.3 is 5.97 Å². The van der Waals surface area contributed by atoms with Crippen LogP contribution in [0.2, 0.25) is 0 Å². The highest BCUT2D eigenvalue weighted by Crippen LogP contribution is 2.22. The van der Waals surface area contributed by atoms with Crippen LogP contribution in [0, 0.1) is 0 Å². The van der Waals surface area contributed by atoms with Gasteiger partial charge in [0.1, 0.15) is 5.76 Å². The molecule has 1 amide bonds. The molecule has 156 valence electrons. The van der Waals surface area contributed by atoms with E-state index in [2.05, 4.69) is 10.4 Å². The van der Waals surface area contributed by atoms with Crippen molar-refractivity contribution >= 4 is 11.9 Å². The van der Waals surface area contributed by atoms with Gasteiger partial charge in [0.2, 0.25) is 0 Å². The summed E-state index contributed by atoms with van der Waals surface area (Å²) in [5.74, 6) is -0.445. The van der Waals surface area contributed by atoms with E-state index in [4.69, 9.17) is 9.15 Å². The molecule has 31 heavy (non-hydrogen) atoms. The molecule has 0 unspecified atom stereocenters.